The van der Waals surface area contributed by atoms with E-state index in [0.29, 0.717) is 11.1 Å². The number of carbonyl (C=O) groups is 7. The molecule has 328 valence electrons. The first-order valence-corrected chi connectivity index (χ1v) is 20.5. The van der Waals surface area contributed by atoms with Crippen molar-refractivity contribution in [2.45, 2.75) is 104 Å². The molecule has 0 aliphatic carbocycles. The second-order valence-electron chi connectivity index (χ2n) is 16.2. The van der Waals surface area contributed by atoms with E-state index in [1.165, 1.54) is 25.1 Å². The third-order valence-corrected chi connectivity index (χ3v) is 9.77. The molecule has 0 aliphatic heterocycles. The Morgan fingerprint density at radius 2 is 0.967 bits per heavy atom. The number of hydrogen-bond donors (Lipinski definition) is 8. The van der Waals surface area contributed by atoms with Gasteiger partial charge in [-0.15, -0.1) is 0 Å². The van der Waals surface area contributed by atoms with Crippen LogP contribution in [0.2, 0.25) is 0 Å². The maximum Gasteiger partial charge on any atom is 0.244 e. The SMILES string of the molecule is CC(C)C[C@@H](NC(=O)/C=C/c1ccc(O)cc1)C(=O)N[C@@H](C(=O)N[C@@H](C(=O)N[C@H](Cc1ccccc1)C(=O)N[C@H](Cc1ccccc1)C(=O)N[C@H](C)C(N)=O)C(C)C)C(C)C. The van der Waals surface area contributed by atoms with E-state index in [4.69, 9.17) is 5.73 Å². The summed E-state index contributed by atoms with van der Waals surface area (Å²) < 4.78 is 0. The van der Waals surface area contributed by atoms with Crippen molar-refractivity contribution in [3.8, 4) is 5.75 Å². The van der Waals surface area contributed by atoms with Crippen LogP contribution in [0.5, 0.6) is 5.75 Å². The lowest BCUT2D eigenvalue weighted by molar-refractivity contribution is -0.136. The molecule has 3 aromatic rings. The Hall–Kier alpha value is -6.51. The van der Waals surface area contributed by atoms with Gasteiger partial charge < -0.3 is 42.7 Å². The van der Waals surface area contributed by atoms with E-state index in [-0.39, 0.29) is 30.9 Å². The minimum absolute atomic E-state index is 0.000193. The first kappa shape index (κ1) is 48.9. The lowest BCUT2D eigenvalue weighted by Crippen LogP contribution is -2.61. The molecule has 0 saturated heterocycles. The van der Waals surface area contributed by atoms with E-state index in [0.717, 1.165) is 5.56 Å². The molecule has 0 bridgehead atoms. The molecule has 0 radical (unpaired) electrons. The molecule has 0 fully saturated rings. The van der Waals surface area contributed by atoms with Crippen molar-refractivity contribution in [3.05, 3.63) is 108 Å². The number of hydrogen-bond acceptors (Lipinski definition) is 8. The highest BCUT2D eigenvalue weighted by Gasteiger charge is 2.35. The second kappa shape index (κ2) is 23.9. The first-order chi connectivity index (χ1) is 28.8. The molecule has 15 nitrogen and oxygen atoms in total. The van der Waals surface area contributed by atoms with Crippen molar-refractivity contribution in [3.63, 3.8) is 0 Å². The van der Waals surface area contributed by atoms with Crippen LogP contribution in [0.3, 0.4) is 0 Å². The number of amides is 7. The second-order valence-corrected chi connectivity index (χ2v) is 16.2. The fourth-order valence-electron chi connectivity index (χ4n) is 6.28. The molecular formula is C46H61N7O8. The zero-order chi connectivity index (χ0) is 45.2. The van der Waals surface area contributed by atoms with Gasteiger partial charge >= 0.3 is 0 Å². The Morgan fingerprint density at radius 3 is 1.43 bits per heavy atom. The third kappa shape index (κ3) is 16.6. The van der Waals surface area contributed by atoms with Crippen LogP contribution >= 0.6 is 0 Å². The van der Waals surface area contributed by atoms with Crippen LogP contribution in [0.1, 0.15) is 71.6 Å². The largest absolute Gasteiger partial charge is 0.508 e. The van der Waals surface area contributed by atoms with E-state index in [2.05, 4.69) is 31.9 Å². The number of nitrogens with two attached hydrogens (primary N) is 1. The van der Waals surface area contributed by atoms with E-state index in [9.17, 15) is 38.7 Å². The number of rotatable bonds is 22. The number of benzene rings is 3. The number of nitrogens with one attached hydrogen (secondary N) is 6. The first-order valence-electron chi connectivity index (χ1n) is 20.5. The van der Waals surface area contributed by atoms with Crippen LogP contribution in [0.4, 0.5) is 0 Å². The van der Waals surface area contributed by atoms with Gasteiger partial charge in [-0.05, 0) is 66.0 Å². The molecule has 9 N–H and O–H groups in total. The predicted molar refractivity (Wildman–Crippen MR) is 233 cm³/mol. The standard InChI is InChI=1S/C46H61N7O8/c1-27(2)24-35(49-38(55)23-20-31-18-21-34(54)22-19-31)44(59)52-40(29(5)6)46(61)53-39(28(3)4)45(60)51-37(26-33-16-12-9-13-17-33)43(58)50-36(25-32-14-10-8-11-15-32)42(57)48-30(7)41(47)56/h8-23,27-30,35-37,39-40,54H,24-26H2,1-7H3,(H2,47,56)(H,48,57)(H,49,55)(H,50,58)(H,51,60)(H,52,59)(H,53,61)/b23-20+/t30-,35-,36-,37-,39-,40-/m1/s1. The van der Waals surface area contributed by atoms with Crippen molar-refractivity contribution in [2.75, 3.05) is 0 Å². The number of phenols is 1. The number of aromatic hydroxyl groups is 1. The van der Waals surface area contributed by atoms with Crippen molar-refractivity contribution in [1.82, 2.24) is 31.9 Å². The van der Waals surface area contributed by atoms with Crippen LogP contribution in [0.25, 0.3) is 6.08 Å². The molecule has 15 heteroatoms. The van der Waals surface area contributed by atoms with Gasteiger partial charge in [0, 0.05) is 18.9 Å². The van der Waals surface area contributed by atoms with E-state index in [1.54, 1.807) is 101 Å². The lowest BCUT2D eigenvalue weighted by atomic mass is 9.97. The molecule has 0 spiro atoms. The van der Waals surface area contributed by atoms with Gasteiger partial charge in [0.1, 0.15) is 42.0 Å². The highest BCUT2D eigenvalue weighted by molar-refractivity contribution is 5.98. The van der Waals surface area contributed by atoms with Gasteiger partial charge in [0.15, 0.2) is 0 Å². The summed E-state index contributed by atoms with van der Waals surface area (Å²) >= 11 is 0. The van der Waals surface area contributed by atoms with Gasteiger partial charge in [0.05, 0.1) is 0 Å². The van der Waals surface area contributed by atoms with Gasteiger partial charge in [-0.3, -0.25) is 33.6 Å². The minimum atomic E-state index is -1.21. The number of carbonyl (C=O) groups excluding carboxylic acids is 7. The molecule has 0 aliphatic rings. The monoisotopic (exact) mass is 839 g/mol. The summed E-state index contributed by atoms with van der Waals surface area (Å²) in [6.07, 6.45) is 3.20. The average molecular weight is 840 g/mol. The van der Waals surface area contributed by atoms with Gasteiger partial charge in [0.25, 0.3) is 0 Å². The molecule has 0 heterocycles. The molecule has 3 rings (SSSR count). The molecule has 0 unspecified atom stereocenters. The Kier molecular flexibility index (Phi) is 19.2. The quantitative estimate of drug-likeness (QED) is 0.0699. The molecule has 6 atom stereocenters. The summed E-state index contributed by atoms with van der Waals surface area (Å²) in [4.78, 5) is 94.0. The average Bonchev–Trinajstić information content (AvgIpc) is 3.20. The third-order valence-electron chi connectivity index (χ3n) is 9.77. The van der Waals surface area contributed by atoms with Gasteiger partial charge in [-0.1, -0.05) is 114 Å². The van der Waals surface area contributed by atoms with Crippen LogP contribution in [0, 0.1) is 17.8 Å². The molecule has 0 saturated carbocycles. The molecular weight excluding hydrogens is 779 g/mol. The zero-order valence-electron chi connectivity index (χ0n) is 35.9. The normalized spacial score (nSPS) is 14.3. The minimum Gasteiger partial charge on any atom is -0.508 e. The summed E-state index contributed by atoms with van der Waals surface area (Å²) in [5, 5.41) is 25.9. The maximum atomic E-state index is 14.1. The smallest absolute Gasteiger partial charge is 0.244 e. The topological polar surface area (TPSA) is 238 Å². The Morgan fingerprint density at radius 1 is 0.541 bits per heavy atom. The molecule has 7 amide bonds. The summed E-state index contributed by atoms with van der Waals surface area (Å²) in [5.41, 5.74) is 7.49. The van der Waals surface area contributed by atoms with Gasteiger partial charge in [-0.25, -0.2) is 0 Å². The van der Waals surface area contributed by atoms with E-state index in [1.807, 2.05) is 19.9 Å². The maximum absolute atomic E-state index is 14.1. The fraction of sp³-hybridized carbons (Fsp3) is 0.413. The van der Waals surface area contributed by atoms with Crippen molar-refractivity contribution in [2.24, 2.45) is 23.5 Å². The van der Waals surface area contributed by atoms with Crippen molar-refractivity contribution < 1.29 is 38.7 Å². The Bertz CT molecular complexity index is 1970. The summed E-state index contributed by atoms with van der Waals surface area (Å²) in [7, 11) is 0. The summed E-state index contributed by atoms with van der Waals surface area (Å²) in [6.45, 7) is 12.1. The molecule has 3 aromatic carbocycles. The zero-order valence-corrected chi connectivity index (χ0v) is 35.9. The van der Waals surface area contributed by atoms with Crippen LogP contribution in [-0.2, 0) is 46.4 Å². The lowest BCUT2D eigenvalue weighted by Gasteiger charge is -2.30. The van der Waals surface area contributed by atoms with E-state index >= 15 is 0 Å². The highest BCUT2D eigenvalue weighted by Crippen LogP contribution is 2.14. The van der Waals surface area contributed by atoms with Gasteiger partial charge in [-0.2, -0.15) is 0 Å². The highest BCUT2D eigenvalue weighted by atomic mass is 16.3. The van der Waals surface area contributed by atoms with E-state index < -0.39 is 89.4 Å². The number of primary amides is 1. The Balaban J connectivity index is 1.82. The molecule has 61 heavy (non-hydrogen) atoms. The van der Waals surface area contributed by atoms with Crippen LogP contribution in [0.15, 0.2) is 91.0 Å². The Labute approximate surface area is 358 Å². The molecule has 0 aromatic heterocycles. The van der Waals surface area contributed by atoms with Crippen LogP contribution < -0.4 is 37.6 Å². The van der Waals surface area contributed by atoms with Crippen molar-refractivity contribution in [1.29, 1.82) is 0 Å². The fourth-order valence-corrected chi connectivity index (χ4v) is 6.28. The van der Waals surface area contributed by atoms with Gasteiger partial charge in [0.2, 0.25) is 41.4 Å². The summed E-state index contributed by atoms with van der Waals surface area (Å²) in [5.74, 6) is -5.36. The summed E-state index contributed by atoms with van der Waals surface area (Å²) in [6, 6.07) is 17.5. The predicted octanol–water partition coefficient (Wildman–Crippen LogP) is 2.66. The van der Waals surface area contributed by atoms with Crippen LogP contribution in [-0.4, -0.2) is 82.7 Å². The van der Waals surface area contributed by atoms with Crippen molar-refractivity contribution >= 4 is 47.4 Å². The number of phenolic OH excluding ortho intramolecular Hbond substituents is 1.